The molecule has 0 aliphatic carbocycles. The number of aryl methyl sites for hydroxylation is 2. The molecule has 1 aliphatic heterocycles. The molecule has 1 atom stereocenters. The lowest BCUT2D eigenvalue weighted by atomic mass is 9.97. The van der Waals surface area contributed by atoms with Crippen LogP contribution >= 0.6 is 34.8 Å². The predicted molar refractivity (Wildman–Crippen MR) is 126 cm³/mol. The maximum Gasteiger partial charge on any atom is 0.296 e. The summed E-state index contributed by atoms with van der Waals surface area (Å²) in [4.78, 5) is 32.9. The lowest BCUT2D eigenvalue weighted by molar-refractivity contribution is 0.0970. The summed E-state index contributed by atoms with van der Waals surface area (Å²) in [5.41, 5.74) is 2.86. The topological polar surface area (TPSA) is 63.4 Å². The Morgan fingerprint density at radius 1 is 0.938 bits per heavy atom. The summed E-state index contributed by atoms with van der Waals surface area (Å²) in [6.07, 6.45) is 1.44. The van der Waals surface area contributed by atoms with Crippen LogP contribution in [0.4, 0.5) is 5.82 Å². The highest BCUT2D eigenvalue weighted by Gasteiger charge is 2.44. The van der Waals surface area contributed by atoms with Crippen LogP contribution in [0.25, 0.3) is 11.0 Å². The molecule has 160 valence electrons. The number of nitrogens with zero attached hydrogens (tertiary/aromatic N) is 2. The molecule has 4 aromatic rings. The number of amides is 1. The number of fused-ring (bicyclic) bond motifs is 2. The molecule has 0 saturated carbocycles. The van der Waals surface area contributed by atoms with Gasteiger partial charge in [0.15, 0.2) is 5.43 Å². The highest BCUT2D eigenvalue weighted by atomic mass is 35.5. The van der Waals surface area contributed by atoms with Gasteiger partial charge in [-0.2, -0.15) is 0 Å². The van der Waals surface area contributed by atoms with E-state index in [9.17, 15) is 9.59 Å². The van der Waals surface area contributed by atoms with Crippen molar-refractivity contribution in [2.24, 2.45) is 0 Å². The number of hydrogen-bond acceptors (Lipinski definition) is 4. The molecule has 32 heavy (non-hydrogen) atoms. The molecule has 8 heteroatoms. The molecule has 0 saturated heterocycles. The zero-order valence-corrected chi connectivity index (χ0v) is 19.2. The van der Waals surface area contributed by atoms with E-state index in [4.69, 9.17) is 39.2 Å². The normalized spacial score (nSPS) is 15.5. The molecule has 1 unspecified atom stereocenters. The van der Waals surface area contributed by atoms with Crippen molar-refractivity contribution in [3.8, 4) is 0 Å². The van der Waals surface area contributed by atoms with Crippen LogP contribution in [0.3, 0.4) is 0 Å². The maximum atomic E-state index is 13.7. The summed E-state index contributed by atoms with van der Waals surface area (Å²) < 4.78 is 6.01. The standard InChI is InChI=1S/C24H15Cl3N2O3/c1-11-7-15-18(8-12(11)2)32-23-20(22(15)30)21(13-3-5-16(26)17(27)9-13)29(24(23)31)19-6-4-14(25)10-28-19/h3-10,21H,1-2H3. The molecule has 0 radical (unpaired) electrons. The van der Waals surface area contributed by atoms with Gasteiger partial charge in [0.25, 0.3) is 5.91 Å². The van der Waals surface area contributed by atoms with E-state index in [0.717, 1.165) is 11.1 Å². The molecule has 2 aromatic heterocycles. The summed E-state index contributed by atoms with van der Waals surface area (Å²) in [5, 5.41) is 1.52. The third-order valence-corrected chi connectivity index (χ3v) is 6.67. The predicted octanol–water partition coefficient (Wildman–Crippen LogP) is 6.51. The van der Waals surface area contributed by atoms with E-state index in [1.807, 2.05) is 13.8 Å². The summed E-state index contributed by atoms with van der Waals surface area (Å²) in [6.45, 7) is 3.85. The second-order valence-electron chi connectivity index (χ2n) is 7.69. The van der Waals surface area contributed by atoms with E-state index in [-0.39, 0.29) is 16.8 Å². The lowest BCUT2D eigenvalue weighted by Gasteiger charge is -2.24. The first kappa shape index (κ1) is 21.0. The van der Waals surface area contributed by atoms with Crippen LogP contribution in [0.5, 0.6) is 0 Å². The number of benzene rings is 2. The van der Waals surface area contributed by atoms with Gasteiger partial charge in [-0.05, 0) is 66.9 Å². The molecular weight excluding hydrogens is 471 g/mol. The molecule has 5 nitrogen and oxygen atoms in total. The van der Waals surface area contributed by atoms with E-state index in [1.165, 1.54) is 11.1 Å². The highest BCUT2D eigenvalue weighted by molar-refractivity contribution is 6.42. The number of pyridine rings is 1. The number of hydrogen-bond donors (Lipinski definition) is 0. The van der Waals surface area contributed by atoms with Crippen LogP contribution in [0.2, 0.25) is 15.1 Å². The third kappa shape index (κ3) is 3.20. The van der Waals surface area contributed by atoms with Crippen molar-refractivity contribution in [2.75, 3.05) is 4.90 Å². The van der Waals surface area contributed by atoms with Gasteiger partial charge < -0.3 is 4.42 Å². The van der Waals surface area contributed by atoms with E-state index in [0.29, 0.717) is 37.4 Å². The third-order valence-electron chi connectivity index (χ3n) is 5.70. The fourth-order valence-electron chi connectivity index (χ4n) is 3.97. The van der Waals surface area contributed by atoms with Crippen molar-refractivity contribution in [1.29, 1.82) is 0 Å². The van der Waals surface area contributed by atoms with Crippen molar-refractivity contribution >= 4 is 57.5 Å². The first-order chi connectivity index (χ1) is 15.3. The minimum Gasteiger partial charge on any atom is -0.450 e. The average Bonchev–Trinajstić information content (AvgIpc) is 3.05. The minimum absolute atomic E-state index is 0.0152. The Labute approximate surface area is 198 Å². The molecule has 1 aliphatic rings. The zero-order valence-electron chi connectivity index (χ0n) is 16.9. The molecule has 0 spiro atoms. The van der Waals surface area contributed by atoms with Crippen LogP contribution in [0, 0.1) is 13.8 Å². The highest BCUT2D eigenvalue weighted by Crippen LogP contribution is 2.42. The largest absolute Gasteiger partial charge is 0.450 e. The van der Waals surface area contributed by atoms with Crippen molar-refractivity contribution in [3.63, 3.8) is 0 Å². The SMILES string of the molecule is Cc1cc2oc3c(c(=O)c2cc1C)C(c1ccc(Cl)c(Cl)c1)N(c1ccc(Cl)cn1)C3=O. The molecule has 0 bridgehead atoms. The Morgan fingerprint density at radius 3 is 2.38 bits per heavy atom. The second kappa shape index (κ2) is 7.62. The fraction of sp³-hybridized carbons (Fsp3) is 0.125. The van der Waals surface area contributed by atoms with E-state index in [2.05, 4.69) is 4.98 Å². The Kier molecular flexibility index (Phi) is 5.01. The van der Waals surface area contributed by atoms with Gasteiger partial charge in [0, 0.05) is 6.20 Å². The van der Waals surface area contributed by atoms with Crippen molar-refractivity contribution in [1.82, 2.24) is 4.98 Å². The number of aromatic nitrogens is 1. The van der Waals surface area contributed by atoms with Gasteiger partial charge in [0.1, 0.15) is 11.4 Å². The molecule has 5 rings (SSSR count). The molecule has 1 amide bonds. The van der Waals surface area contributed by atoms with E-state index >= 15 is 0 Å². The molecule has 3 heterocycles. The van der Waals surface area contributed by atoms with Crippen molar-refractivity contribution in [2.45, 2.75) is 19.9 Å². The fourth-order valence-corrected chi connectivity index (χ4v) is 4.39. The van der Waals surface area contributed by atoms with Crippen molar-refractivity contribution in [3.05, 3.63) is 102 Å². The lowest BCUT2D eigenvalue weighted by Crippen LogP contribution is -2.30. The summed E-state index contributed by atoms with van der Waals surface area (Å²) in [6, 6.07) is 11.0. The first-order valence-electron chi connectivity index (χ1n) is 9.74. The number of carbonyl (C=O) groups is 1. The van der Waals surface area contributed by atoms with Crippen molar-refractivity contribution < 1.29 is 9.21 Å². The smallest absolute Gasteiger partial charge is 0.296 e. The first-order valence-corrected chi connectivity index (χ1v) is 10.9. The van der Waals surface area contributed by atoms with Gasteiger partial charge in [0.2, 0.25) is 5.76 Å². The number of halogens is 3. The Bertz CT molecular complexity index is 1480. The summed E-state index contributed by atoms with van der Waals surface area (Å²) >= 11 is 18.4. The van der Waals surface area contributed by atoms with E-state index < -0.39 is 11.9 Å². The average molecular weight is 486 g/mol. The van der Waals surface area contributed by atoms with Crippen LogP contribution in [-0.2, 0) is 0 Å². The Morgan fingerprint density at radius 2 is 1.69 bits per heavy atom. The van der Waals surface area contributed by atoms with Gasteiger partial charge in [-0.1, -0.05) is 40.9 Å². The number of rotatable bonds is 2. The van der Waals surface area contributed by atoms with Gasteiger partial charge in [0.05, 0.1) is 32.1 Å². The Balaban J connectivity index is 1.83. The van der Waals surface area contributed by atoms with E-state index in [1.54, 1.807) is 42.5 Å². The number of carbonyl (C=O) groups excluding carboxylic acids is 1. The van der Waals surface area contributed by atoms with Gasteiger partial charge in [-0.15, -0.1) is 0 Å². The maximum absolute atomic E-state index is 13.7. The van der Waals surface area contributed by atoms with Gasteiger partial charge >= 0.3 is 0 Å². The van der Waals surface area contributed by atoms with Gasteiger partial charge in [-0.25, -0.2) is 4.98 Å². The summed E-state index contributed by atoms with van der Waals surface area (Å²) in [7, 11) is 0. The number of anilines is 1. The van der Waals surface area contributed by atoms with Gasteiger partial charge in [-0.3, -0.25) is 14.5 Å². The van der Waals surface area contributed by atoms with Crippen LogP contribution < -0.4 is 10.3 Å². The second-order valence-corrected chi connectivity index (χ2v) is 8.94. The van der Waals surface area contributed by atoms with Crippen LogP contribution in [-0.4, -0.2) is 10.9 Å². The zero-order chi connectivity index (χ0) is 22.7. The van der Waals surface area contributed by atoms with Crippen LogP contribution in [0.15, 0.2) is 57.9 Å². The Hall–Kier alpha value is -2.86. The molecular formula is C24H15Cl3N2O3. The molecule has 0 fully saturated rings. The van der Waals surface area contributed by atoms with Crippen LogP contribution in [0.1, 0.15) is 38.9 Å². The monoisotopic (exact) mass is 484 g/mol. The molecule has 2 aromatic carbocycles. The summed E-state index contributed by atoms with van der Waals surface area (Å²) in [5.74, 6) is -0.153. The quantitative estimate of drug-likeness (QED) is 0.324. The minimum atomic E-state index is -0.789. The molecule has 0 N–H and O–H groups in total.